The Morgan fingerprint density at radius 3 is 2.00 bits per heavy atom. The van der Waals surface area contributed by atoms with Crippen molar-refractivity contribution in [2.24, 2.45) is 0 Å². The van der Waals surface area contributed by atoms with Gasteiger partial charge < -0.3 is 15.7 Å². The molecule has 0 spiro atoms. The molecule has 0 bridgehead atoms. The molecule has 0 saturated heterocycles. The predicted molar refractivity (Wildman–Crippen MR) is 97.4 cm³/mol. The molecule has 0 heterocycles. The highest BCUT2D eigenvalue weighted by Crippen LogP contribution is 2.08. The largest absolute Gasteiger partial charge is 0.480 e. The van der Waals surface area contributed by atoms with Crippen LogP contribution in [-0.4, -0.2) is 35.0 Å². The van der Waals surface area contributed by atoms with Crippen molar-refractivity contribution in [3.63, 3.8) is 0 Å². The molecule has 0 aliphatic rings. The van der Waals surface area contributed by atoms with E-state index in [0.29, 0.717) is 5.56 Å². The number of halogens is 1. The lowest BCUT2D eigenvalue weighted by Gasteiger charge is -2.21. The Bertz CT molecular complexity index is 793. The summed E-state index contributed by atoms with van der Waals surface area (Å²) in [5.74, 6) is -2.63. The summed E-state index contributed by atoms with van der Waals surface area (Å²) in [5.41, 5.74) is 1.40. The molecule has 0 aliphatic carbocycles. The lowest BCUT2D eigenvalue weighted by Crippen LogP contribution is -2.52. The summed E-state index contributed by atoms with van der Waals surface area (Å²) in [6.45, 7) is 1.29. The maximum atomic E-state index is 13.0. The number of carboxylic acid groups (broad SMARTS) is 1. The first-order valence-electron chi connectivity index (χ1n) is 8.44. The molecular formula is C20H21FN2O4. The Kier molecular flexibility index (Phi) is 7.05. The number of benzene rings is 2. The zero-order valence-electron chi connectivity index (χ0n) is 14.8. The third kappa shape index (κ3) is 6.54. The Hall–Kier alpha value is -3.22. The Morgan fingerprint density at radius 1 is 0.889 bits per heavy atom. The molecule has 2 amide bonds. The fourth-order valence-corrected chi connectivity index (χ4v) is 2.63. The number of rotatable bonds is 8. The second kappa shape index (κ2) is 9.47. The normalized spacial score (nSPS) is 12.7. The van der Waals surface area contributed by atoms with E-state index in [4.69, 9.17) is 0 Å². The van der Waals surface area contributed by atoms with Gasteiger partial charge in [-0.1, -0.05) is 42.5 Å². The van der Waals surface area contributed by atoms with E-state index in [2.05, 4.69) is 10.6 Å². The van der Waals surface area contributed by atoms with Crippen molar-refractivity contribution >= 4 is 17.8 Å². The van der Waals surface area contributed by atoms with Gasteiger partial charge in [-0.2, -0.15) is 0 Å². The number of aliphatic carboxylic acids is 1. The van der Waals surface area contributed by atoms with Gasteiger partial charge >= 0.3 is 5.97 Å². The lowest BCUT2D eigenvalue weighted by molar-refractivity contribution is -0.142. The van der Waals surface area contributed by atoms with Crippen LogP contribution < -0.4 is 10.6 Å². The molecule has 0 radical (unpaired) electrons. The van der Waals surface area contributed by atoms with Crippen molar-refractivity contribution in [2.75, 3.05) is 0 Å². The number of hydrogen-bond acceptors (Lipinski definition) is 3. The molecule has 2 rings (SSSR count). The van der Waals surface area contributed by atoms with Crippen molar-refractivity contribution in [2.45, 2.75) is 31.8 Å². The molecule has 0 fully saturated rings. The summed E-state index contributed by atoms with van der Waals surface area (Å²) in [5, 5.41) is 14.4. The number of carboxylic acids is 1. The Morgan fingerprint density at radius 2 is 1.44 bits per heavy atom. The van der Waals surface area contributed by atoms with Gasteiger partial charge in [0, 0.05) is 19.8 Å². The number of amides is 2. The summed E-state index contributed by atoms with van der Waals surface area (Å²) in [6.07, 6.45) is 0.231. The molecule has 2 aromatic carbocycles. The van der Waals surface area contributed by atoms with Gasteiger partial charge in [0.2, 0.25) is 11.8 Å². The van der Waals surface area contributed by atoms with Gasteiger partial charge in [0.05, 0.1) is 0 Å². The molecule has 6 nitrogen and oxygen atoms in total. The Balaban J connectivity index is 2.10. The SMILES string of the molecule is CC(=O)N[C@@H](Cc1ccccc1)C(=O)N[C@@H](Cc1ccc(F)cc1)C(=O)O. The molecule has 0 aliphatic heterocycles. The molecule has 142 valence electrons. The first-order valence-corrected chi connectivity index (χ1v) is 8.44. The van der Waals surface area contributed by atoms with E-state index in [9.17, 15) is 23.9 Å². The van der Waals surface area contributed by atoms with Crippen LogP contribution in [0, 0.1) is 5.82 Å². The predicted octanol–water partition coefficient (Wildman–Crippen LogP) is 1.68. The van der Waals surface area contributed by atoms with Crippen LogP contribution in [-0.2, 0) is 27.2 Å². The van der Waals surface area contributed by atoms with Crippen LogP contribution in [0.4, 0.5) is 4.39 Å². The molecule has 7 heteroatoms. The van der Waals surface area contributed by atoms with Gasteiger partial charge in [-0.15, -0.1) is 0 Å². The molecule has 0 saturated carbocycles. The van der Waals surface area contributed by atoms with Gasteiger partial charge in [0.1, 0.15) is 17.9 Å². The van der Waals surface area contributed by atoms with Crippen molar-refractivity contribution in [3.05, 3.63) is 71.5 Å². The molecule has 0 aromatic heterocycles. The van der Waals surface area contributed by atoms with E-state index >= 15 is 0 Å². The van der Waals surface area contributed by atoms with Crippen LogP contribution in [0.25, 0.3) is 0 Å². The van der Waals surface area contributed by atoms with Crippen LogP contribution >= 0.6 is 0 Å². The smallest absolute Gasteiger partial charge is 0.326 e. The van der Waals surface area contributed by atoms with E-state index in [1.807, 2.05) is 30.3 Å². The molecule has 2 atom stereocenters. The summed E-state index contributed by atoms with van der Waals surface area (Å²) in [4.78, 5) is 35.6. The molecule has 27 heavy (non-hydrogen) atoms. The highest BCUT2D eigenvalue weighted by molar-refractivity contribution is 5.90. The van der Waals surface area contributed by atoms with E-state index in [1.54, 1.807) is 0 Å². The van der Waals surface area contributed by atoms with Crippen LogP contribution in [0.1, 0.15) is 18.1 Å². The quantitative estimate of drug-likeness (QED) is 0.657. The average Bonchev–Trinajstić information content (AvgIpc) is 2.62. The number of carbonyl (C=O) groups is 3. The maximum absolute atomic E-state index is 13.0. The maximum Gasteiger partial charge on any atom is 0.326 e. The van der Waals surface area contributed by atoms with Crippen molar-refractivity contribution < 1.29 is 23.9 Å². The minimum absolute atomic E-state index is 0.000514. The summed E-state index contributed by atoms with van der Waals surface area (Å²) in [7, 11) is 0. The summed E-state index contributed by atoms with van der Waals surface area (Å²) in [6, 6.07) is 12.4. The van der Waals surface area contributed by atoms with Crippen molar-refractivity contribution in [3.8, 4) is 0 Å². The van der Waals surface area contributed by atoms with Crippen LogP contribution in [0.2, 0.25) is 0 Å². The Labute approximate surface area is 156 Å². The van der Waals surface area contributed by atoms with Gasteiger partial charge in [0.15, 0.2) is 0 Å². The minimum Gasteiger partial charge on any atom is -0.480 e. The monoisotopic (exact) mass is 372 g/mol. The minimum atomic E-state index is -1.21. The first kappa shape index (κ1) is 20.1. The highest BCUT2D eigenvalue weighted by atomic mass is 19.1. The zero-order valence-corrected chi connectivity index (χ0v) is 14.8. The number of nitrogens with one attached hydrogen (secondary N) is 2. The van der Waals surface area contributed by atoms with Crippen LogP contribution in [0.5, 0.6) is 0 Å². The molecule has 3 N–H and O–H groups in total. The molecular weight excluding hydrogens is 351 g/mol. The van der Waals surface area contributed by atoms with Gasteiger partial charge in [-0.25, -0.2) is 9.18 Å². The van der Waals surface area contributed by atoms with E-state index < -0.39 is 35.7 Å². The van der Waals surface area contributed by atoms with E-state index in [-0.39, 0.29) is 12.8 Å². The van der Waals surface area contributed by atoms with Crippen LogP contribution in [0.15, 0.2) is 54.6 Å². The average molecular weight is 372 g/mol. The third-order valence-corrected chi connectivity index (χ3v) is 3.94. The van der Waals surface area contributed by atoms with Gasteiger partial charge in [0.25, 0.3) is 0 Å². The van der Waals surface area contributed by atoms with Gasteiger partial charge in [-0.05, 0) is 23.3 Å². The van der Waals surface area contributed by atoms with Crippen LogP contribution in [0.3, 0.4) is 0 Å². The second-order valence-electron chi connectivity index (χ2n) is 6.17. The fourth-order valence-electron chi connectivity index (χ4n) is 2.63. The topological polar surface area (TPSA) is 95.5 Å². The van der Waals surface area contributed by atoms with Crippen molar-refractivity contribution in [1.82, 2.24) is 10.6 Å². The second-order valence-corrected chi connectivity index (χ2v) is 6.17. The van der Waals surface area contributed by atoms with E-state index in [1.165, 1.54) is 31.2 Å². The molecule has 2 aromatic rings. The third-order valence-electron chi connectivity index (χ3n) is 3.94. The lowest BCUT2D eigenvalue weighted by atomic mass is 10.0. The van der Waals surface area contributed by atoms with E-state index in [0.717, 1.165) is 5.56 Å². The van der Waals surface area contributed by atoms with Gasteiger partial charge in [-0.3, -0.25) is 9.59 Å². The number of hydrogen-bond donors (Lipinski definition) is 3. The molecule has 0 unspecified atom stereocenters. The number of carbonyl (C=O) groups excluding carboxylic acids is 2. The summed E-state index contributed by atoms with van der Waals surface area (Å²) >= 11 is 0. The summed E-state index contributed by atoms with van der Waals surface area (Å²) < 4.78 is 13.0. The standard InChI is InChI=1S/C20H21FN2O4/c1-13(24)22-17(11-14-5-3-2-4-6-14)19(25)23-18(20(26)27)12-15-7-9-16(21)10-8-15/h2-10,17-18H,11-12H2,1H3,(H,22,24)(H,23,25)(H,26,27)/t17-,18-/m0/s1. The highest BCUT2D eigenvalue weighted by Gasteiger charge is 2.26. The van der Waals surface area contributed by atoms with Crippen molar-refractivity contribution in [1.29, 1.82) is 0 Å². The first-order chi connectivity index (χ1) is 12.8. The zero-order chi connectivity index (χ0) is 19.8. The fraction of sp³-hybridized carbons (Fsp3) is 0.250.